The Morgan fingerprint density at radius 2 is 2.10 bits per heavy atom. The average Bonchev–Trinajstić information content (AvgIpc) is 1.99. The second kappa shape index (κ2) is 5.10. The number of rotatable bonds is 4. The van der Waals surface area contributed by atoms with Crippen LogP contribution < -0.4 is 5.73 Å². The third-order valence-electron chi connectivity index (χ3n) is 1.56. The van der Waals surface area contributed by atoms with E-state index in [-0.39, 0.29) is 0 Å². The van der Waals surface area contributed by atoms with Crippen molar-refractivity contribution in [3.05, 3.63) is 23.9 Å². The van der Waals surface area contributed by atoms with Crippen LogP contribution in [0.3, 0.4) is 0 Å². The highest BCUT2D eigenvalue weighted by molar-refractivity contribution is 5.21. The van der Waals surface area contributed by atoms with E-state index in [2.05, 4.69) is 20.4 Å². The first-order chi connectivity index (χ1) is 4.76. The predicted molar refractivity (Wildman–Crippen MR) is 46.6 cm³/mol. The fraction of sp³-hybridized carbons (Fsp3) is 0.556. The molecule has 0 bridgehead atoms. The molecule has 58 valence electrons. The van der Waals surface area contributed by atoms with Crippen LogP contribution in [0.5, 0.6) is 0 Å². The molecule has 0 atom stereocenters. The summed E-state index contributed by atoms with van der Waals surface area (Å²) < 4.78 is 0. The molecule has 0 aromatic rings. The summed E-state index contributed by atoms with van der Waals surface area (Å²) >= 11 is 0. The molecule has 0 amide bonds. The Balaban J connectivity index is 4.14. The average molecular weight is 139 g/mol. The van der Waals surface area contributed by atoms with Gasteiger partial charge in [-0.05, 0) is 18.4 Å². The molecule has 0 saturated heterocycles. The van der Waals surface area contributed by atoms with E-state index in [1.54, 1.807) is 0 Å². The lowest BCUT2D eigenvalue weighted by molar-refractivity contribution is 0.891. The normalized spacial score (nSPS) is 12.6. The van der Waals surface area contributed by atoms with Crippen LogP contribution in [0.25, 0.3) is 0 Å². The first kappa shape index (κ1) is 9.28. The monoisotopic (exact) mass is 139 g/mol. The highest BCUT2D eigenvalue weighted by atomic mass is 14.6. The molecule has 0 rings (SSSR count). The van der Waals surface area contributed by atoms with E-state index in [4.69, 9.17) is 5.73 Å². The maximum absolute atomic E-state index is 5.72. The van der Waals surface area contributed by atoms with Gasteiger partial charge in [0.25, 0.3) is 0 Å². The standard InChI is InChI=1S/C9H17N/c1-4-7-8(5-2)9(10)6-3/h5H,2,4,6-7,10H2,1,3H3/b9-8-. The zero-order valence-corrected chi connectivity index (χ0v) is 6.98. The zero-order valence-electron chi connectivity index (χ0n) is 6.98. The molecule has 0 aliphatic heterocycles. The van der Waals surface area contributed by atoms with Crippen LogP contribution in [0, 0.1) is 0 Å². The van der Waals surface area contributed by atoms with Crippen LogP contribution >= 0.6 is 0 Å². The maximum atomic E-state index is 5.72. The van der Waals surface area contributed by atoms with Gasteiger partial charge in [0.15, 0.2) is 0 Å². The molecule has 0 unspecified atom stereocenters. The zero-order chi connectivity index (χ0) is 7.98. The van der Waals surface area contributed by atoms with E-state index < -0.39 is 0 Å². The molecule has 10 heavy (non-hydrogen) atoms. The Morgan fingerprint density at radius 1 is 1.50 bits per heavy atom. The molecule has 0 aromatic heterocycles. The van der Waals surface area contributed by atoms with Gasteiger partial charge in [-0.3, -0.25) is 0 Å². The molecule has 0 aliphatic rings. The minimum Gasteiger partial charge on any atom is -0.402 e. The van der Waals surface area contributed by atoms with Gasteiger partial charge in [0, 0.05) is 5.70 Å². The second-order valence-corrected chi connectivity index (χ2v) is 2.36. The summed E-state index contributed by atoms with van der Waals surface area (Å²) in [5.74, 6) is 0. The Bertz CT molecular complexity index is 134. The molecule has 0 fully saturated rings. The van der Waals surface area contributed by atoms with Gasteiger partial charge in [-0.15, -0.1) is 0 Å². The summed E-state index contributed by atoms with van der Waals surface area (Å²) in [7, 11) is 0. The molecule has 1 nitrogen and oxygen atoms in total. The Kier molecular flexibility index (Phi) is 4.73. The van der Waals surface area contributed by atoms with Gasteiger partial charge in [-0.1, -0.05) is 32.9 Å². The summed E-state index contributed by atoms with van der Waals surface area (Å²) in [5.41, 5.74) is 7.92. The van der Waals surface area contributed by atoms with Crippen molar-refractivity contribution in [2.45, 2.75) is 33.1 Å². The topological polar surface area (TPSA) is 26.0 Å². The van der Waals surface area contributed by atoms with Gasteiger partial charge in [0.05, 0.1) is 0 Å². The first-order valence-corrected chi connectivity index (χ1v) is 3.86. The van der Waals surface area contributed by atoms with Crippen molar-refractivity contribution in [3.63, 3.8) is 0 Å². The van der Waals surface area contributed by atoms with Gasteiger partial charge >= 0.3 is 0 Å². The summed E-state index contributed by atoms with van der Waals surface area (Å²) in [6.45, 7) is 7.92. The lowest BCUT2D eigenvalue weighted by Gasteiger charge is -2.03. The third-order valence-corrected chi connectivity index (χ3v) is 1.56. The SMILES string of the molecule is C=C/C(CCC)=C(/N)CC. The molecule has 2 N–H and O–H groups in total. The summed E-state index contributed by atoms with van der Waals surface area (Å²) in [6.07, 6.45) is 4.99. The lowest BCUT2D eigenvalue weighted by atomic mass is 10.1. The highest BCUT2D eigenvalue weighted by Crippen LogP contribution is 2.10. The van der Waals surface area contributed by atoms with Crippen molar-refractivity contribution in [2.75, 3.05) is 0 Å². The minimum atomic E-state index is 0.932. The molecular weight excluding hydrogens is 122 g/mol. The molecule has 0 spiro atoms. The van der Waals surface area contributed by atoms with Gasteiger partial charge in [0.2, 0.25) is 0 Å². The van der Waals surface area contributed by atoms with Crippen LogP contribution in [0.15, 0.2) is 23.9 Å². The van der Waals surface area contributed by atoms with Crippen molar-refractivity contribution < 1.29 is 0 Å². The van der Waals surface area contributed by atoms with E-state index >= 15 is 0 Å². The van der Waals surface area contributed by atoms with Crippen LogP contribution in [0.2, 0.25) is 0 Å². The predicted octanol–water partition coefficient (Wildman–Crippen LogP) is 2.60. The minimum absolute atomic E-state index is 0.932. The van der Waals surface area contributed by atoms with E-state index in [1.165, 1.54) is 5.57 Å². The Hall–Kier alpha value is -0.720. The van der Waals surface area contributed by atoms with Gasteiger partial charge in [-0.2, -0.15) is 0 Å². The molecule has 0 aliphatic carbocycles. The van der Waals surface area contributed by atoms with Crippen LogP contribution in [-0.2, 0) is 0 Å². The fourth-order valence-electron chi connectivity index (χ4n) is 0.890. The van der Waals surface area contributed by atoms with Crippen molar-refractivity contribution in [3.8, 4) is 0 Å². The number of hydrogen-bond donors (Lipinski definition) is 1. The largest absolute Gasteiger partial charge is 0.402 e. The first-order valence-electron chi connectivity index (χ1n) is 3.86. The molecule has 1 heteroatoms. The molecule has 0 heterocycles. The van der Waals surface area contributed by atoms with Crippen molar-refractivity contribution in [2.24, 2.45) is 5.73 Å². The number of nitrogens with two attached hydrogens (primary N) is 1. The second-order valence-electron chi connectivity index (χ2n) is 2.36. The van der Waals surface area contributed by atoms with Gasteiger partial charge in [0.1, 0.15) is 0 Å². The highest BCUT2D eigenvalue weighted by Gasteiger charge is 1.94. The molecule has 0 aromatic carbocycles. The Morgan fingerprint density at radius 3 is 2.40 bits per heavy atom. The molecule has 0 saturated carbocycles. The summed E-state index contributed by atoms with van der Waals surface area (Å²) in [6, 6.07) is 0. The van der Waals surface area contributed by atoms with E-state index in [0.717, 1.165) is 25.0 Å². The number of allylic oxidation sites excluding steroid dienone is 3. The Labute approximate surface area is 63.6 Å². The summed E-state index contributed by atoms with van der Waals surface area (Å²) in [5, 5.41) is 0. The van der Waals surface area contributed by atoms with Crippen molar-refractivity contribution in [1.29, 1.82) is 0 Å². The molecular formula is C9H17N. The van der Waals surface area contributed by atoms with Crippen LogP contribution in [0.1, 0.15) is 33.1 Å². The quantitative estimate of drug-likeness (QED) is 0.595. The van der Waals surface area contributed by atoms with Crippen LogP contribution in [0.4, 0.5) is 0 Å². The fourth-order valence-corrected chi connectivity index (χ4v) is 0.890. The smallest absolute Gasteiger partial charge is 0.0110 e. The van der Waals surface area contributed by atoms with Crippen LogP contribution in [-0.4, -0.2) is 0 Å². The van der Waals surface area contributed by atoms with Gasteiger partial charge < -0.3 is 5.73 Å². The van der Waals surface area contributed by atoms with E-state index in [9.17, 15) is 0 Å². The summed E-state index contributed by atoms with van der Waals surface area (Å²) in [4.78, 5) is 0. The van der Waals surface area contributed by atoms with Gasteiger partial charge in [-0.25, -0.2) is 0 Å². The van der Waals surface area contributed by atoms with E-state index in [0.29, 0.717) is 0 Å². The molecule has 0 radical (unpaired) electrons. The van der Waals surface area contributed by atoms with Crippen molar-refractivity contribution in [1.82, 2.24) is 0 Å². The number of hydrogen-bond acceptors (Lipinski definition) is 1. The maximum Gasteiger partial charge on any atom is 0.0110 e. The lowest BCUT2D eigenvalue weighted by Crippen LogP contribution is -1.99. The third kappa shape index (κ3) is 2.72. The van der Waals surface area contributed by atoms with Crippen molar-refractivity contribution >= 4 is 0 Å². The van der Waals surface area contributed by atoms with E-state index in [1.807, 2.05) is 6.08 Å².